The first-order chi connectivity index (χ1) is 11.8. The highest BCUT2D eigenvalue weighted by atomic mass is 32.2. The molecule has 0 radical (unpaired) electrons. The molecule has 134 valence electrons. The molecule has 0 spiro atoms. The minimum absolute atomic E-state index is 0.0146. The maximum Gasteiger partial charge on any atom is 0.244 e. The van der Waals surface area contributed by atoms with Crippen LogP contribution in [0.5, 0.6) is 0 Å². The Bertz CT molecular complexity index is 859. The van der Waals surface area contributed by atoms with Gasteiger partial charge in [0.25, 0.3) is 0 Å². The summed E-state index contributed by atoms with van der Waals surface area (Å²) in [5, 5.41) is 7.89. The fourth-order valence-corrected chi connectivity index (χ4v) is 4.00. The smallest absolute Gasteiger partial charge is 0.244 e. The highest BCUT2D eigenvalue weighted by Gasteiger charge is 2.28. The van der Waals surface area contributed by atoms with Crippen LogP contribution in [0, 0.1) is 0 Å². The fraction of sp³-hybridized carbons (Fsp3) is 0.438. The average Bonchev–Trinajstić information content (AvgIpc) is 2.96. The van der Waals surface area contributed by atoms with Gasteiger partial charge in [0.1, 0.15) is 12.6 Å². The van der Waals surface area contributed by atoms with Crippen LogP contribution < -0.4 is 5.32 Å². The monoisotopic (exact) mass is 364 g/mol. The van der Waals surface area contributed by atoms with E-state index in [1.165, 1.54) is 9.58 Å². The summed E-state index contributed by atoms with van der Waals surface area (Å²) in [5.74, 6) is -0.648. The van der Waals surface area contributed by atoms with Crippen molar-refractivity contribution in [3.8, 4) is 0 Å². The first kappa shape index (κ1) is 17.4. The summed E-state index contributed by atoms with van der Waals surface area (Å²) < 4.78 is 24.4. The summed E-state index contributed by atoms with van der Waals surface area (Å²) in [7, 11) is -3.04. The average molecular weight is 364 g/mol. The van der Waals surface area contributed by atoms with Crippen LogP contribution in [-0.2, 0) is 26.0 Å². The van der Waals surface area contributed by atoms with E-state index in [1.807, 2.05) is 24.3 Å². The van der Waals surface area contributed by atoms with Gasteiger partial charge in [0.05, 0.1) is 17.0 Å². The topological polar surface area (TPSA) is 101 Å². The minimum atomic E-state index is -3.04. The van der Waals surface area contributed by atoms with Gasteiger partial charge in [-0.1, -0.05) is 18.2 Å². The molecule has 0 aliphatic carbocycles. The van der Waals surface area contributed by atoms with Crippen molar-refractivity contribution in [1.29, 1.82) is 0 Å². The Balaban J connectivity index is 1.55. The van der Waals surface area contributed by atoms with Crippen molar-refractivity contribution in [3.63, 3.8) is 0 Å². The molecular formula is C16H20N4O4S. The molecule has 1 unspecified atom stereocenters. The number of carbonyl (C=O) groups excluding carboxylic acids is 2. The van der Waals surface area contributed by atoms with E-state index >= 15 is 0 Å². The molecular weight excluding hydrogens is 344 g/mol. The van der Waals surface area contributed by atoms with Gasteiger partial charge in [-0.15, -0.1) is 0 Å². The molecule has 1 aliphatic rings. The van der Waals surface area contributed by atoms with Gasteiger partial charge in [-0.3, -0.25) is 14.3 Å². The number of sulfone groups is 1. The summed E-state index contributed by atoms with van der Waals surface area (Å²) in [5.41, 5.74) is 0.800. The Morgan fingerprint density at radius 1 is 1.24 bits per heavy atom. The van der Waals surface area contributed by atoms with E-state index in [9.17, 15) is 18.0 Å². The van der Waals surface area contributed by atoms with Crippen LogP contribution in [0.2, 0.25) is 0 Å². The zero-order chi connectivity index (χ0) is 18.0. The lowest BCUT2D eigenvalue weighted by molar-refractivity contribution is -0.135. The number of fused-ring (bicyclic) bond motifs is 1. The van der Waals surface area contributed by atoms with Gasteiger partial charge < -0.3 is 10.2 Å². The van der Waals surface area contributed by atoms with Crippen LogP contribution in [-0.4, -0.2) is 65.5 Å². The normalized spacial score (nSPS) is 18.0. The molecule has 1 N–H and O–H groups in total. The highest BCUT2D eigenvalue weighted by molar-refractivity contribution is 7.91. The third kappa shape index (κ3) is 4.16. The zero-order valence-corrected chi connectivity index (χ0v) is 14.7. The molecule has 2 amide bonds. The first-order valence-electron chi connectivity index (χ1n) is 8.05. The number of aromatic nitrogens is 2. The predicted molar refractivity (Wildman–Crippen MR) is 92.6 cm³/mol. The van der Waals surface area contributed by atoms with Crippen LogP contribution in [0.4, 0.5) is 0 Å². The summed E-state index contributed by atoms with van der Waals surface area (Å²) in [4.78, 5) is 26.0. The number of hydrogen-bond donors (Lipinski definition) is 1. The molecule has 2 heterocycles. The van der Waals surface area contributed by atoms with Crippen molar-refractivity contribution < 1.29 is 18.0 Å². The van der Waals surface area contributed by atoms with Crippen molar-refractivity contribution in [1.82, 2.24) is 20.0 Å². The molecule has 9 heteroatoms. The minimum Gasteiger partial charge on any atom is -0.343 e. The van der Waals surface area contributed by atoms with Crippen LogP contribution in [0.25, 0.3) is 10.9 Å². The highest BCUT2D eigenvalue weighted by Crippen LogP contribution is 2.10. The van der Waals surface area contributed by atoms with Crippen LogP contribution in [0.1, 0.15) is 6.92 Å². The third-order valence-corrected chi connectivity index (χ3v) is 5.78. The number of hydrogen-bond acceptors (Lipinski definition) is 5. The van der Waals surface area contributed by atoms with Gasteiger partial charge in [-0.25, -0.2) is 8.42 Å². The second-order valence-electron chi connectivity index (χ2n) is 6.15. The van der Waals surface area contributed by atoms with E-state index < -0.39 is 15.9 Å². The third-order valence-electron chi connectivity index (χ3n) is 4.17. The lowest BCUT2D eigenvalue weighted by Gasteiger charge is -2.29. The second-order valence-corrected chi connectivity index (χ2v) is 8.46. The quantitative estimate of drug-likeness (QED) is 0.809. The maximum absolute atomic E-state index is 12.3. The first-order valence-corrected chi connectivity index (χ1v) is 9.87. The molecule has 8 nitrogen and oxygen atoms in total. The molecule has 1 saturated heterocycles. The Morgan fingerprint density at radius 3 is 2.60 bits per heavy atom. The molecule has 1 aromatic heterocycles. The van der Waals surface area contributed by atoms with Crippen molar-refractivity contribution in [3.05, 3.63) is 30.5 Å². The summed E-state index contributed by atoms with van der Waals surface area (Å²) in [6.07, 6.45) is 1.77. The number of amides is 2. The van der Waals surface area contributed by atoms with Crippen LogP contribution in [0.3, 0.4) is 0 Å². The van der Waals surface area contributed by atoms with Gasteiger partial charge in [-0.2, -0.15) is 5.10 Å². The van der Waals surface area contributed by atoms with E-state index in [4.69, 9.17) is 0 Å². The van der Waals surface area contributed by atoms with E-state index in [2.05, 4.69) is 10.4 Å². The van der Waals surface area contributed by atoms with Gasteiger partial charge in [0, 0.05) is 24.7 Å². The number of nitrogens with one attached hydrogen (secondary N) is 1. The second kappa shape index (κ2) is 6.83. The van der Waals surface area contributed by atoms with Crippen molar-refractivity contribution in [2.24, 2.45) is 0 Å². The molecule has 0 saturated carbocycles. The largest absolute Gasteiger partial charge is 0.343 e. The molecule has 1 fully saturated rings. The summed E-state index contributed by atoms with van der Waals surface area (Å²) in [6, 6.07) is 6.83. The number of carbonyl (C=O) groups is 2. The molecule has 1 atom stereocenters. The van der Waals surface area contributed by atoms with Crippen molar-refractivity contribution in [2.45, 2.75) is 19.5 Å². The Morgan fingerprint density at radius 2 is 1.92 bits per heavy atom. The standard InChI is InChI=1S/C16H20N4O4S/c1-12(16(22)19-6-8-25(23,24)9-7-19)17-15(21)11-20-10-13-4-2-3-5-14(13)18-20/h2-5,10,12H,6-9,11H2,1H3,(H,17,21). The molecule has 2 aromatic rings. The van der Waals surface area contributed by atoms with Gasteiger partial charge in [-0.05, 0) is 13.0 Å². The lowest BCUT2D eigenvalue weighted by Crippen LogP contribution is -2.52. The van der Waals surface area contributed by atoms with E-state index in [-0.39, 0.29) is 43.0 Å². The molecule has 3 rings (SSSR count). The molecule has 1 aliphatic heterocycles. The van der Waals surface area contributed by atoms with E-state index in [0.717, 1.165) is 10.9 Å². The number of benzene rings is 1. The predicted octanol–water partition coefficient (Wildman–Crippen LogP) is -0.202. The van der Waals surface area contributed by atoms with Crippen LogP contribution >= 0.6 is 0 Å². The van der Waals surface area contributed by atoms with Gasteiger partial charge >= 0.3 is 0 Å². The Kier molecular flexibility index (Phi) is 4.76. The number of rotatable bonds is 4. The Hall–Kier alpha value is -2.42. The lowest BCUT2D eigenvalue weighted by atomic mass is 10.2. The summed E-state index contributed by atoms with van der Waals surface area (Å²) >= 11 is 0. The van der Waals surface area contributed by atoms with Gasteiger partial charge in [0.2, 0.25) is 11.8 Å². The number of nitrogens with zero attached hydrogens (tertiary/aromatic N) is 3. The zero-order valence-electron chi connectivity index (χ0n) is 13.9. The molecule has 0 bridgehead atoms. The van der Waals surface area contributed by atoms with Crippen LogP contribution in [0.15, 0.2) is 30.5 Å². The Labute approximate surface area is 145 Å². The molecule has 25 heavy (non-hydrogen) atoms. The van der Waals surface area contributed by atoms with Crippen molar-refractivity contribution >= 4 is 32.6 Å². The maximum atomic E-state index is 12.3. The molecule has 1 aromatic carbocycles. The summed E-state index contributed by atoms with van der Waals surface area (Å²) in [6.45, 7) is 1.96. The SMILES string of the molecule is CC(NC(=O)Cn1cc2ccccc2n1)C(=O)N1CCS(=O)(=O)CC1. The van der Waals surface area contributed by atoms with E-state index in [0.29, 0.717) is 0 Å². The van der Waals surface area contributed by atoms with Crippen molar-refractivity contribution in [2.75, 3.05) is 24.6 Å². The fourth-order valence-electron chi connectivity index (χ4n) is 2.80. The van der Waals surface area contributed by atoms with Gasteiger partial charge in [0.15, 0.2) is 9.84 Å². The van der Waals surface area contributed by atoms with E-state index in [1.54, 1.807) is 13.1 Å².